The first-order valence-electron chi connectivity index (χ1n) is 19.4. The van der Waals surface area contributed by atoms with Gasteiger partial charge in [0.05, 0.1) is 49.3 Å². The molecule has 0 amide bonds. The number of hydrogen-bond acceptors (Lipinski definition) is 8. The van der Waals surface area contributed by atoms with Crippen LogP contribution in [-0.2, 0) is 17.1 Å². The average molecular weight is 762 g/mol. The monoisotopic (exact) mass is 759 g/mol. The van der Waals surface area contributed by atoms with Crippen molar-refractivity contribution >= 4 is 34.8 Å². The van der Waals surface area contributed by atoms with E-state index in [1.165, 1.54) is 77.0 Å². The first-order chi connectivity index (χ1) is 22.6. The Morgan fingerprint density at radius 1 is 0.362 bits per heavy atom. The van der Waals surface area contributed by atoms with E-state index in [2.05, 4.69) is 42.5 Å². The van der Waals surface area contributed by atoms with E-state index in [0.29, 0.717) is 114 Å². The van der Waals surface area contributed by atoms with Crippen molar-refractivity contribution < 1.29 is 17.1 Å². The Morgan fingerprint density at radius 3 is 0.957 bits per heavy atom. The fraction of sp³-hybridized carbons (Fsp3) is 1.00. The molecule has 8 N–H and O–H groups in total. The third kappa shape index (κ3) is 6.21. The molecule has 0 aromatic rings. The summed E-state index contributed by atoms with van der Waals surface area (Å²) in [6.07, 6.45) is 19.6. The van der Waals surface area contributed by atoms with E-state index in [-0.39, 0.29) is 35.6 Å². The molecule has 9 rings (SSSR count). The summed E-state index contributed by atoms with van der Waals surface area (Å²) < 4.78 is 0. The molecule has 4 saturated carbocycles. The van der Waals surface area contributed by atoms with Crippen LogP contribution in [0.2, 0.25) is 0 Å². The van der Waals surface area contributed by atoms with E-state index in [1.807, 2.05) is 0 Å². The van der Waals surface area contributed by atoms with E-state index in [9.17, 15) is 0 Å². The number of alkyl halides is 3. The van der Waals surface area contributed by atoms with Crippen LogP contribution < -0.4 is 42.5 Å². The van der Waals surface area contributed by atoms with Crippen LogP contribution in [0.3, 0.4) is 0 Å². The largest absolute Gasteiger partial charge is 0.286 e. The average Bonchev–Trinajstić information content (AvgIpc) is 3.83. The number of nitrogens with one attached hydrogen (secondary N) is 8. The van der Waals surface area contributed by atoms with Gasteiger partial charge in [-0.1, -0.05) is 38.5 Å². The van der Waals surface area contributed by atoms with Crippen LogP contribution in [-0.4, -0.2) is 67.0 Å². The van der Waals surface area contributed by atoms with E-state index in [1.54, 1.807) is 0 Å². The fourth-order valence-corrected chi connectivity index (χ4v) is 14.3. The second-order valence-electron chi connectivity index (χ2n) is 17.0. The summed E-state index contributed by atoms with van der Waals surface area (Å²) in [6, 6.07) is 0. The quantitative estimate of drug-likeness (QED) is 0.162. The Kier molecular flexibility index (Phi) is 11.1. The van der Waals surface area contributed by atoms with Crippen LogP contribution in [0.15, 0.2) is 0 Å². The first kappa shape index (κ1) is 35.1. The summed E-state index contributed by atoms with van der Waals surface area (Å²) in [5, 5.41) is 33.8. The first-order valence-corrected chi connectivity index (χ1v) is 21.0. The van der Waals surface area contributed by atoms with Gasteiger partial charge in [-0.05, 0) is 110 Å². The van der Waals surface area contributed by atoms with Gasteiger partial charge >= 0.3 is 0 Å². The molecule has 4 aliphatic carbocycles. The number of fused-ring (bicyclic) bond motifs is 20. The molecule has 5 aliphatic heterocycles. The molecule has 0 aromatic carbocycles. The summed E-state index contributed by atoms with van der Waals surface area (Å²) in [6.45, 7) is 0. The Labute approximate surface area is 308 Å². The van der Waals surface area contributed by atoms with Crippen molar-refractivity contribution in [2.24, 2.45) is 65.1 Å². The third-order valence-corrected chi connectivity index (χ3v) is 16.3. The molecule has 19 unspecified atom stereocenters. The molecule has 0 aromatic heterocycles. The van der Waals surface area contributed by atoms with E-state index in [4.69, 9.17) is 34.8 Å². The van der Waals surface area contributed by atoms with Gasteiger partial charge in [-0.25, -0.2) is 0 Å². The third-order valence-electron chi connectivity index (χ3n) is 15.2. The van der Waals surface area contributed by atoms with Crippen molar-refractivity contribution in [3.63, 3.8) is 0 Å². The van der Waals surface area contributed by atoms with Crippen LogP contribution in [0.5, 0.6) is 0 Å². The van der Waals surface area contributed by atoms with Crippen LogP contribution in [0, 0.1) is 65.1 Å². The summed E-state index contributed by atoms with van der Waals surface area (Å²) in [4.78, 5) is 0. The number of rotatable bonds is 3. The molecule has 5 saturated heterocycles. The smallest absolute Gasteiger partial charge is 0.0631 e. The second kappa shape index (κ2) is 14.8. The Morgan fingerprint density at radius 2 is 0.660 bits per heavy atom. The molecule has 1 radical (unpaired) electrons. The predicted octanol–water partition coefficient (Wildman–Crippen LogP) is 4.00. The van der Waals surface area contributed by atoms with Crippen molar-refractivity contribution in [1.29, 1.82) is 0 Å². The van der Waals surface area contributed by atoms with E-state index in [0.717, 1.165) is 6.42 Å². The molecule has 271 valence electrons. The molecular weight excluding hydrogens is 702 g/mol. The van der Waals surface area contributed by atoms with Crippen LogP contribution in [0.25, 0.3) is 0 Å². The molecule has 9 fully saturated rings. The summed E-state index contributed by atoms with van der Waals surface area (Å²) in [5.74, 6) is 7.96. The molecular formula is C35H59Cl3CuN8. The maximum atomic E-state index is 6.91. The minimum Gasteiger partial charge on any atom is -0.286 e. The normalized spacial score (nSPS) is 55.3. The Bertz CT molecular complexity index is 1080. The second-order valence-corrected chi connectivity index (χ2v) is 17.9. The summed E-state index contributed by atoms with van der Waals surface area (Å²) in [5.41, 5.74) is 0. The van der Waals surface area contributed by atoms with Gasteiger partial charge in [0.15, 0.2) is 0 Å². The summed E-state index contributed by atoms with van der Waals surface area (Å²) in [7, 11) is 0. The molecule has 8 nitrogen and oxygen atoms in total. The maximum Gasteiger partial charge on any atom is 0.0631 e. The zero-order chi connectivity index (χ0) is 30.9. The fourth-order valence-electron chi connectivity index (χ4n) is 13.1. The van der Waals surface area contributed by atoms with Gasteiger partial charge < -0.3 is 0 Å². The molecule has 0 spiro atoms. The van der Waals surface area contributed by atoms with Gasteiger partial charge in [0.1, 0.15) is 0 Å². The van der Waals surface area contributed by atoms with Crippen molar-refractivity contribution in [1.82, 2.24) is 42.5 Å². The Balaban J connectivity index is 0.00000324. The summed E-state index contributed by atoms with van der Waals surface area (Å²) >= 11 is 20.3. The number of halogens is 3. The van der Waals surface area contributed by atoms with Gasteiger partial charge in [-0.2, -0.15) is 0 Å². The van der Waals surface area contributed by atoms with Crippen molar-refractivity contribution in [3.8, 4) is 0 Å². The van der Waals surface area contributed by atoms with Crippen molar-refractivity contribution in [2.45, 2.75) is 133 Å². The van der Waals surface area contributed by atoms with Gasteiger partial charge in [0, 0.05) is 34.7 Å². The van der Waals surface area contributed by atoms with E-state index >= 15 is 0 Å². The van der Waals surface area contributed by atoms with Gasteiger partial charge in [-0.3, -0.25) is 42.5 Å². The van der Waals surface area contributed by atoms with Crippen LogP contribution >= 0.6 is 34.8 Å². The van der Waals surface area contributed by atoms with Crippen molar-refractivity contribution in [2.75, 3.05) is 17.6 Å². The van der Waals surface area contributed by atoms with Gasteiger partial charge in [0.2, 0.25) is 0 Å². The van der Waals surface area contributed by atoms with Crippen LogP contribution in [0.1, 0.15) is 83.5 Å². The van der Waals surface area contributed by atoms with E-state index < -0.39 is 0 Å². The molecule has 47 heavy (non-hydrogen) atoms. The standard InChI is InChI=1S/C35H59Cl3N8.Cu/c36-14-17-13-24-27(26(16-38)25(17)15-37)35-45-33-23-12-6-5-11-22(23)31(43-33)41-29-19-8-2-1-7-18(19)28(39-29)40-30-20-9-3-4-10-21(20)32(42-30)44-34(24)46-35;/h17-35,39-46H,1-16H2;. The van der Waals surface area contributed by atoms with Crippen molar-refractivity contribution in [3.05, 3.63) is 0 Å². The maximum absolute atomic E-state index is 6.91. The minimum atomic E-state index is 0. The molecule has 12 heteroatoms. The SMILES string of the molecule is ClCC1CC2C3NC4NC(NC5NC(NC6NC(NC(N3)C2C(CCl)C1CCl)C1CCCCC61)C1CCCCC51)C1CCCCC41.[Cu]. The van der Waals surface area contributed by atoms with Crippen LogP contribution in [0.4, 0.5) is 0 Å². The number of hydrogen-bond donors (Lipinski definition) is 8. The zero-order valence-electron chi connectivity index (χ0n) is 27.7. The predicted molar refractivity (Wildman–Crippen MR) is 186 cm³/mol. The molecule has 19 atom stereocenters. The molecule has 8 bridgehead atoms. The van der Waals surface area contributed by atoms with Gasteiger partial charge in [0.25, 0.3) is 0 Å². The molecule has 5 heterocycles. The minimum absolute atomic E-state index is 0. The Hall–Kier alpha value is 1.07. The molecule has 9 aliphatic rings. The zero-order valence-corrected chi connectivity index (χ0v) is 30.9. The topological polar surface area (TPSA) is 96.2 Å². The van der Waals surface area contributed by atoms with Gasteiger partial charge in [-0.15, -0.1) is 34.8 Å².